The van der Waals surface area contributed by atoms with Gasteiger partial charge < -0.3 is 33.8 Å². The second kappa shape index (κ2) is 74.5. The molecule has 0 aliphatic heterocycles. The van der Waals surface area contributed by atoms with Gasteiger partial charge in [-0.05, 0) is 37.5 Å². The lowest BCUT2D eigenvalue weighted by atomic mass is 9.99. The standard InChI is InChI=1S/C83H162O17P2/c1-7-11-13-15-17-19-21-22-23-26-30-33-37-41-48-54-60-66-81(86)94-71-78(99-82(87)67-61-55-49-42-38-34-31-28-25-24-27-29-32-36-39-45-51-57-63-75(5)9-3)73-97-101(89,90)95-69-77(84)70-96-102(91,92)98-74-79(72-93-80(85)65-59-53-47-40-35-20-18-16-14-12-8-2)100-83(88)68-62-56-50-44-43-46-52-58-64-76(6)10-4/h75-79,84H,7-74H2,1-6H3,(H,89,90)(H,91,92)/t75?,76?,77-,78-,79-/m1/s1. The van der Waals surface area contributed by atoms with Crippen LogP contribution >= 0.6 is 15.6 Å². The average molecular weight is 1490 g/mol. The summed E-state index contributed by atoms with van der Waals surface area (Å²) in [6.45, 7) is 9.71. The lowest BCUT2D eigenvalue weighted by Gasteiger charge is -2.21. The average Bonchev–Trinajstić information content (AvgIpc) is 0.951. The summed E-state index contributed by atoms with van der Waals surface area (Å²) < 4.78 is 68.8. The summed E-state index contributed by atoms with van der Waals surface area (Å²) in [6, 6.07) is 0. The molecular weight excluding hydrogens is 1330 g/mol. The van der Waals surface area contributed by atoms with Crippen molar-refractivity contribution >= 4 is 39.5 Å². The summed E-state index contributed by atoms with van der Waals surface area (Å²) in [6.07, 6.45) is 65.1. The molecule has 0 amide bonds. The minimum atomic E-state index is -4.96. The van der Waals surface area contributed by atoms with Gasteiger partial charge in [0.05, 0.1) is 26.4 Å². The molecule has 0 rings (SSSR count). The van der Waals surface area contributed by atoms with E-state index in [1.165, 1.54) is 257 Å². The topological polar surface area (TPSA) is 237 Å². The molecule has 606 valence electrons. The van der Waals surface area contributed by atoms with Crippen LogP contribution in [0.25, 0.3) is 0 Å². The minimum absolute atomic E-state index is 0.106. The van der Waals surface area contributed by atoms with E-state index in [1.807, 2.05) is 0 Å². The number of hydrogen-bond donors (Lipinski definition) is 3. The normalized spacial score (nSPS) is 14.4. The first-order chi connectivity index (χ1) is 49.4. The number of rotatable bonds is 82. The number of carbonyl (C=O) groups is 4. The van der Waals surface area contributed by atoms with Crippen molar-refractivity contribution in [2.75, 3.05) is 39.6 Å². The van der Waals surface area contributed by atoms with E-state index in [1.54, 1.807) is 0 Å². The van der Waals surface area contributed by atoms with Gasteiger partial charge in [0.15, 0.2) is 12.2 Å². The Morgan fingerprint density at radius 1 is 0.275 bits per heavy atom. The molecule has 0 spiro atoms. The summed E-state index contributed by atoms with van der Waals surface area (Å²) in [5.74, 6) is -0.466. The summed E-state index contributed by atoms with van der Waals surface area (Å²) in [5, 5.41) is 10.6. The Morgan fingerprint density at radius 2 is 0.471 bits per heavy atom. The monoisotopic (exact) mass is 1490 g/mol. The number of esters is 4. The molecular formula is C83H162O17P2. The van der Waals surface area contributed by atoms with E-state index in [0.29, 0.717) is 25.7 Å². The van der Waals surface area contributed by atoms with Crippen molar-refractivity contribution in [2.45, 2.75) is 458 Å². The van der Waals surface area contributed by atoms with Crippen molar-refractivity contribution < 1.29 is 80.2 Å². The van der Waals surface area contributed by atoms with Crippen molar-refractivity contribution in [2.24, 2.45) is 11.8 Å². The second-order valence-electron chi connectivity index (χ2n) is 30.4. The molecule has 0 heterocycles. The molecule has 0 aliphatic rings. The van der Waals surface area contributed by atoms with Crippen LogP contribution in [0.4, 0.5) is 0 Å². The van der Waals surface area contributed by atoms with Crippen molar-refractivity contribution in [1.29, 1.82) is 0 Å². The maximum atomic E-state index is 13.1. The van der Waals surface area contributed by atoms with E-state index in [0.717, 1.165) is 102 Å². The van der Waals surface area contributed by atoms with E-state index in [-0.39, 0.29) is 25.7 Å². The van der Waals surface area contributed by atoms with Crippen LogP contribution in [0.3, 0.4) is 0 Å². The van der Waals surface area contributed by atoms with Gasteiger partial charge in [0.25, 0.3) is 0 Å². The van der Waals surface area contributed by atoms with E-state index in [9.17, 15) is 43.2 Å². The fourth-order valence-electron chi connectivity index (χ4n) is 12.8. The highest BCUT2D eigenvalue weighted by atomic mass is 31.2. The van der Waals surface area contributed by atoms with Crippen molar-refractivity contribution in [1.82, 2.24) is 0 Å². The SMILES string of the molecule is CCCCCCCCCCCCCCCCCCCC(=O)OC[C@H](COP(=O)(O)OC[C@@H](O)COP(=O)(O)OC[C@@H](COC(=O)CCCCCCCCCCCCC)OC(=O)CCCCCCCCCCC(C)CC)OC(=O)CCCCCCCCCCCCCCCCCCCCC(C)CC. The third-order valence-electron chi connectivity index (χ3n) is 20.2. The molecule has 4 unspecified atom stereocenters. The zero-order valence-electron chi connectivity index (χ0n) is 66.9. The van der Waals surface area contributed by atoms with Gasteiger partial charge in [-0.2, -0.15) is 0 Å². The van der Waals surface area contributed by atoms with Crippen LogP contribution in [0.15, 0.2) is 0 Å². The Bertz CT molecular complexity index is 1960. The van der Waals surface area contributed by atoms with E-state index >= 15 is 0 Å². The lowest BCUT2D eigenvalue weighted by Crippen LogP contribution is -2.30. The number of phosphoric ester groups is 2. The van der Waals surface area contributed by atoms with Crippen molar-refractivity contribution in [3.63, 3.8) is 0 Å². The molecule has 7 atom stereocenters. The summed E-state index contributed by atoms with van der Waals surface area (Å²) >= 11 is 0. The zero-order chi connectivity index (χ0) is 74.9. The Kier molecular flexibility index (Phi) is 73.1. The second-order valence-corrected chi connectivity index (χ2v) is 33.3. The third kappa shape index (κ3) is 73.6. The molecule has 17 nitrogen and oxygen atoms in total. The summed E-state index contributed by atoms with van der Waals surface area (Å²) in [7, 11) is -9.92. The van der Waals surface area contributed by atoms with Gasteiger partial charge >= 0.3 is 39.5 Å². The maximum Gasteiger partial charge on any atom is 0.472 e. The number of ether oxygens (including phenoxy) is 4. The molecule has 0 bridgehead atoms. The van der Waals surface area contributed by atoms with Gasteiger partial charge in [-0.15, -0.1) is 0 Å². The fourth-order valence-corrected chi connectivity index (χ4v) is 14.4. The number of aliphatic hydroxyl groups excluding tert-OH is 1. The molecule has 0 fully saturated rings. The van der Waals surface area contributed by atoms with Crippen molar-refractivity contribution in [3.8, 4) is 0 Å². The van der Waals surface area contributed by atoms with Crippen LogP contribution in [0.1, 0.15) is 440 Å². The molecule has 0 saturated heterocycles. The molecule has 102 heavy (non-hydrogen) atoms. The van der Waals surface area contributed by atoms with Gasteiger partial charge in [-0.1, -0.05) is 388 Å². The molecule has 0 radical (unpaired) electrons. The van der Waals surface area contributed by atoms with Crippen LogP contribution < -0.4 is 0 Å². The fraction of sp³-hybridized carbons (Fsp3) is 0.952. The Balaban J connectivity index is 5.22. The molecule has 0 aromatic heterocycles. The maximum absolute atomic E-state index is 13.1. The number of carbonyl (C=O) groups excluding carboxylic acids is 4. The molecule has 19 heteroatoms. The lowest BCUT2D eigenvalue weighted by molar-refractivity contribution is -0.161. The first kappa shape index (κ1) is 100. The van der Waals surface area contributed by atoms with Crippen LogP contribution in [0.2, 0.25) is 0 Å². The number of phosphoric acid groups is 2. The quantitative estimate of drug-likeness (QED) is 0.0222. The van der Waals surface area contributed by atoms with Gasteiger partial charge in [0.1, 0.15) is 19.3 Å². The van der Waals surface area contributed by atoms with Crippen LogP contribution in [-0.4, -0.2) is 96.7 Å². The number of hydrogen-bond acceptors (Lipinski definition) is 15. The van der Waals surface area contributed by atoms with Crippen LogP contribution in [0, 0.1) is 11.8 Å². The van der Waals surface area contributed by atoms with Gasteiger partial charge in [-0.25, -0.2) is 9.13 Å². The Morgan fingerprint density at radius 3 is 0.696 bits per heavy atom. The van der Waals surface area contributed by atoms with Crippen molar-refractivity contribution in [3.05, 3.63) is 0 Å². The third-order valence-corrected chi connectivity index (χ3v) is 22.1. The van der Waals surface area contributed by atoms with Gasteiger partial charge in [-0.3, -0.25) is 37.3 Å². The predicted octanol–water partition coefficient (Wildman–Crippen LogP) is 25.1. The number of aliphatic hydroxyl groups is 1. The minimum Gasteiger partial charge on any atom is -0.462 e. The zero-order valence-corrected chi connectivity index (χ0v) is 68.7. The highest BCUT2D eigenvalue weighted by Gasteiger charge is 2.30. The molecule has 0 aromatic carbocycles. The van der Waals surface area contributed by atoms with E-state index < -0.39 is 97.5 Å². The molecule has 0 aromatic rings. The summed E-state index contributed by atoms with van der Waals surface area (Å²) in [4.78, 5) is 73.1. The predicted molar refractivity (Wildman–Crippen MR) is 418 cm³/mol. The molecule has 0 saturated carbocycles. The van der Waals surface area contributed by atoms with Gasteiger partial charge in [0.2, 0.25) is 0 Å². The van der Waals surface area contributed by atoms with E-state index in [2.05, 4.69) is 41.5 Å². The first-order valence-electron chi connectivity index (χ1n) is 43.1. The number of unbranched alkanes of at least 4 members (excludes halogenated alkanes) is 50. The smallest absolute Gasteiger partial charge is 0.462 e. The van der Waals surface area contributed by atoms with Crippen LogP contribution in [-0.2, 0) is 65.4 Å². The molecule has 3 N–H and O–H groups in total. The van der Waals surface area contributed by atoms with Crippen LogP contribution in [0.5, 0.6) is 0 Å². The highest BCUT2D eigenvalue weighted by Crippen LogP contribution is 2.45. The summed E-state index contributed by atoms with van der Waals surface area (Å²) in [5.41, 5.74) is 0. The highest BCUT2D eigenvalue weighted by molar-refractivity contribution is 7.47. The first-order valence-corrected chi connectivity index (χ1v) is 46.1. The van der Waals surface area contributed by atoms with Gasteiger partial charge in [0, 0.05) is 25.7 Å². The Hall–Kier alpha value is -1.94. The molecule has 0 aliphatic carbocycles. The largest absolute Gasteiger partial charge is 0.472 e. The van der Waals surface area contributed by atoms with E-state index in [4.69, 9.17) is 37.0 Å². The Labute approximate surface area is 626 Å².